The van der Waals surface area contributed by atoms with Crippen LogP contribution in [0.2, 0.25) is 0 Å². The van der Waals surface area contributed by atoms with Gasteiger partial charge in [-0.2, -0.15) is 0 Å². The van der Waals surface area contributed by atoms with Gasteiger partial charge in [0.2, 0.25) is 0 Å². The van der Waals surface area contributed by atoms with Gasteiger partial charge in [-0.25, -0.2) is 0 Å². The van der Waals surface area contributed by atoms with Crippen molar-refractivity contribution in [2.24, 2.45) is 10.7 Å². The van der Waals surface area contributed by atoms with Crippen LogP contribution in [0, 0.1) is 0 Å². The van der Waals surface area contributed by atoms with Crippen molar-refractivity contribution >= 4 is 41.5 Å². The number of nitrogens with zero attached hydrogens (tertiary/aromatic N) is 1. The van der Waals surface area contributed by atoms with Crippen molar-refractivity contribution in [3.05, 3.63) is 238 Å². The van der Waals surface area contributed by atoms with Crippen LogP contribution in [0.15, 0.2) is 188 Å². The number of nitrogens with two attached hydrogens (primary N) is 1. The van der Waals surface area contributed by atoms with Gasteiger partial charge >= 0.3 is 0 Å². The Kier molecular flexibility index (Phi) is 10.3. The van der Waals surface area contributed by atoms with Gasteiger partial charge in [-0.3, -0.25) is 4.99 Å². The van der Waals surface area contributed by atoms with Crippen molar-refractivity contribution in [3.63, 3.8) is 0 Å². The normalized spacial score (nSPS) is 16.2. The summed E-state index contributed by atoms with van der Waals surface area (Å²) in [6, 6.07) is 52.4. The molecule has 0 aliphatic heterocycles. The van der Waals surface area contributed by atoms with Crippen LogP contribution in [0.1, 0.15) is 81.6 Å². The Balaban J connectivity index is 1.26. The highest BCUT2D eigenvalue weighted by Crippen LogP contribution is 2.66. The molecule has 2 aliphatic carbocycles. The number of allylic oxidation sites excluding steroid dienone is 4. The molecule has 0 fully saturated rings. The predicted molar refractivity (Wildman–Crippen MR) is 259 cm³/mol. The molecule has 2 atom stereocenters. The first-order chi connectivity index (χ1) is 29.4. The van der Waals surface area contributed by atoms with E-state index in [1.807, 2.05) is 41.7 Å². The van der Waals surface area contributed by atoms with E-state index in [4.69, 9.17) is 10.7 Å². The summed E-state index contributed by atoms with van der Waals surface area (Å²) in [4.78, 5) is 7.29. The minimum atomic E-state index is -1.01. The minimum Gasteiger partial charge on any atom is -0.314 e. The van der Waals surface area contributed by atoms with Crippen molar-refractivity contribution < 1.29 is 0 Å². The maximum atomic E-state index is 7.65. The first-order valence-corrected chi connectivity index (χ1v) is 21.5. The molecule has 6 aromatic carbocycles. The average molecular weight is 793 g/mol. The molecule has 2 aliphatic rings. The van der Waals surface area contributed by atoms with Crippen LogP contribution < -0.4 is 5.73 Å². The summed E-state index contributed by atoms with van der Waals surface area (Å²) in [5.41, 5.74) is 24.7. The van der Waals surface area contributed by atoms with E-state index in [0.29, 0.717) is 0 Å². The molecule has 3 heteroatoms. The molecule has 0 radical (unpaired) electrons. The van der Waals surface area contributed by atoms with Gasteiger partial charge in [-0.15, -0.1) is 17.9 Å². The number of benzene rings is 6. The molecule has 0 bridgehead atoms. The van der Waals surface area contributed by atoms with Gasteiger partial charge < -0.3 is 5.73 Å². The summed E-state index contributed by atoms with van der Waals surface area (Å²) in [7, 11) is 0. The molecule has 1 heterocycles. The highest BCUT2D eigenvalue weighted by molar-refractivity contribution is 7.17. The molecule has 60 heavy (non-hydrogen) atoms. The van der Waals surface area contributed by atoms with Gasteiger partial charge in [-0.05, 0) is 117 Å². The zero-order valence-corrected chi connectivity index (χ0v) is 35.1. The van der Waals surface area contributed by atoms with E-state index in [9.17, 15) is 0 Å². The second-order valence-corrected chi connectivity index (χ2v) is 16.6. The van der Waals surface area contributed by atoms with Gasteiger partial charge in [0.1, 0.15) is 0 Å². The average Bonchev–Trinajstić information content (AvgIpc) is 3.92. The summed E-state index contributed by atoms with van der Waals surface area (Å²) < 4.78 is 0. The molecule has 292 valence electrons. The van der Waals surface area contributed by atoms with Crippen molar-refractivity contribution in [3.8, 4) is 32.7 Å². The quantitative estimate of drug-likeness (QED) is 0.0971. The fraction of sp³-hybridized carbons (Fsp3) is 0.105. The fourth-order valence-corrected chi connectivity index (χ4v) is 11.1. The van der Waals surface area contributed by atoms with Crippen LogP contribution in [-0.4, -0.2) is 6.72 Å². The maximum Gasteiger partial charge on any atom is 0.0876 e. The zero-order chi connectivity index (χ0) is 41.4. The molecular formula is C57H48N2S. The zero-order valence-electron chi connectivity index (χ0n) is 34.3. The van der Waals surface area contributed by atoms with E-state index in [1.54, 1.807) is 0 Å². The van der Waals surface area contributed by atoms with E-state index in [-0.39, 0.29) is 0 Å². The molecule has 2 N–H and O–H groups in total. The summed E-state index contributed by atoms with van der Waals surface area (Å²) in [6.45, 7) is 16.6. The smallest absolute Gasteiger partial charge is 0.0876 e. The van der Waals surface area contributed by atoms with Crippen molar-refractivity contribution in [1.82, 2.24) is 0 Å². The maximum absolute atomic E-state index is 7.65. The fourth-order valence-electron chi connectivity index (χ4n) is 9.85. The van der Waals surface area contributed by atoms with E-state index < -0.39 is 11.0 Å². The Morgan fingerprint density at radius 1 is 0.700 bits per heavy atom. The molecular weight excluding hydrogens is 745 g/mol. The van der Waals surface area contributed by atoms with E-state index in [2.05, 4.69) is 185 Å². The summed E-state index contributed by atoms with van der Waals surface area (Å²) >= 11 is 1.84. The highest BCUT2D eigenvalue weighted by atomic mass is 32.1. The summed E-state index contributed by atoms with van der Waals surface area (Å²) in [6.07, 6.45) is 14.6. The Morgan fingerprint density at radius 3 is 2.00 bits per heavy atom. The largest absolute Gasteiger partial charge is 0.314 e. The monoisotopic (exact) mass is 792 g/mol. The molecule has 0 saturated heterocycles. The number of hydrogen-bond donors (Lipinski definition) is 1. The lowest BCUT2D eigenvalue weighted by Crippen LogP contribution is -2.36. The lowest BCUT2D eigenvalue weighted by atomic mass is 9.69. The van der Waals surface area contributed by atoms with Crippen LogP contribution in [0.4, 0.5) is 0 Å². The van der Waals surface area contributed by atoms with Crippen molar-refractivity contribution in [1.29, 1.82) is 0 Å². The Labute approximate surface area is 358 Å². The molecule has 2 nitrogen and oxygen atoms in total. The van der Waals surface area contributed by atoms with E-state index in [0.717, 1.165) is 46.4 Å². The van der Waals surface area contributed by atoms with Gasteiger partial charge in [0.25, 0.3) is 0 Å². The van der Waals surface area contributed by atoms with Crippen LogP contribution in [0.3, 0.4) is 0 Å². The van der Waals surface area contributed by atoms with Crippen LogP contribution >= 0.6 is 11.3 Å². The minimum absolute atomic E-state index is 0.505. The Hall–Kier alpha value is -6.65. The molecule has 7 aromatic rings. The lowest BCUT2D eigenvalue weighted by Gasteiger charge is -2.31. The number of aliphatic imine (C=N–C) groups is 1. The SMILES string of the molecule is C=CCC/C(=C\C)c1ccc(C(N)(/C=C(\N=C)c2ccccc2-c2cccc3c2-c2ccccc2C32c3ccccc3-c3sc(C=C)c(/C=C\C)c32)c2ccccc2)cc1. The number of hydrogen-bond acceptors (Lipinski definition) is 3. The molecule has 1 aromatic heterocycles. The topological polar surface area (TPSA) is 38.4 Å². The Bertz CT molecular complexity index is 2900. The standard InChI is InChI=1S/C57H48N2S/c1-6-10-22-38(8-3)39-33-35-41(36-34-39)56(58,40-23-12-11-13-24-40)37-51(59-5)43-26-15-14-25-42(43)44-29-20-32-50-53(44)45-27-16-18-30-48(45)57(50)49-31-19-17-28-46(49)55-54(57)47(21-7-2)52(9-4)60-55/h6-9,11-21,23-37H,1,4-5,10,22,58H2,2-3H3/b21-7-,38-8+,51-37-. The number of thiophene rings is 1. The third kappa shape index (κ3) is 5.92. The lowest BCUT2D eigenvalue weighted by molar-refractivity contribution is 0.682. The van der Waals surface area contributed by atoms with Gasteiger partial charge in [0.15, 0.2) is 0 Å². The second-order valence-electron chi connectivity index (χ2n) is 15.5. The first kappa shape index (κ1) is 38.8. The van der Waals surface area contributed by atoms with Crippen LogP contribution in [-0.2, 0) is 11.0 Å². The first-order valence-electron chi connectivity index (χ1n) is 20.7. The third-order valence-corrected chi connectivity index (χ3v) is 13.7. The van der Waals surface area contributed by atoms with Gasteiger partial charge in [0, 0.05) is 15.3 Å². The third-order valence-electron chi connectivity index (χ3n) is 12.5. The number of rotatable bonds is 12. The highest BCUT2D eigenvalue weighted by Gasteiger charge is 2.54. The van der Waals surface area contributed by atoms with Crippen LogP contribution in [0.25, 0.3) is 56.1 Å². The van der Waals surface area contributed by atoms with Gasteiger partial charge in [0.05, 0.1) is 16.7 Å². The van der Waals surface area contributed by atoms with E-state index in [1.165, 1.54) is 65.4 Å². The summed E-state index contributed by atoms with van der Waals surface area (Å²) in [5.74, 6) is 0. The molecule has 0 amide bonds. The molecule has 1 spiro atoms. The van der Waals surface area contributed by atoms with E-state index >= 15 is 0 Å². The number of fused-ring (bicyclic) bond motifs is 10. The predicted octanol–water partition coefficient (Wildman–Crippen LogP) is 14.7. The molecule has 2 unspecified atom stereocenters. The summed E-state index contributed by atoms with van der Waals surface area (Å²) in [5, 5.41) is 0. The van der Waals surface area contributed by atoms with Crippen LogP contribution in [0.5, 0.6) is 0 Å². The molecule has 9 rings (SSSR count). The van der Waals surface area contributed by atoms with Crippen molar-refractivity contribution in [2.75, 3.05) is 0 Å². The molecule has 0 saturated carbocycles. The van der Waals surface area contributed by atoms with Crippen molar-refractivity contribution in [2.45, 2.75) is 37.6 Å². The Morgan fingerprint density at radius 2 is 1.32 bits per heavy atom. The second kappa shape index (κ2) is 15.8. The van der Waals surface area contributed by atoms with Gasteiger partial charge in [-0.1, -0.05) is 183 Å².